The third-order valence-electron chi connectivity index (χ3n) is 2.43. The lowest BCUT2D eigenvalue weighted by molar-refractivity contribution is 0.0419. The van der Waals surface area contributed by atoms with Gasteiger partial charge in [0.1, 0.15) is 5.75 Å². The first kappa shape index (κ1) is 13.8. The highest BCUT2D eigenvalue weighted by atomic mass is 16.5. The van der Waals surface area contributed by atoms with Crippen LogP contribution >= 0.6 is 0 Å². The predicted molar refractivity (Wildman–Crippen MR) is 66.7 cm³/mol. The van der Waals surface area contributed by atoms with Crippen molar-refractivity contribution in [3.8, 4) is 5.75 Å². The number of anilines is 1. The second kappa shape index (κ2) is 6.44. The fourth-order valence-corrected chi connectivity index (χ4v) is 1.68. The number of phenolic OH excluding ortho intramolecular Hbond substituents is 1. The van der Waals surface area contributed by atoms with Gasteiger partial charge >= 0.3 is 0 Å². The zero-order valence-corrected chi connectivity index (χ0v) is 10.3. The molecule has 0 spiro atoms. The number of hydrogen-bond donors (Lipinski definition) is 3. The van der Waals surface area contributed by atoms with Gasteiger partial charge in [-0.05, 0) is 24.7 Å². The molecule has 0 radical (unpaired) electrons. The standard InChI is InChI=1S/C12H20N2O3/c1-14(7-10(15)8-17-2)6-9-3-4-12(16)11(13)5-9/h3-5,10,15-16H,6-8,13H2,1-2H3. The minimum Gasteiger partial charge on any atom is -0.506 e. The number of aliphatic hydroxyl groups excluding tert-OH is 1. The Bertz CT molecular complexity index is 358. The summed E-state index contributed by atoms with van der Waals surface area (Å²) in [6, 6.07) is 5.11. The predicted octanol–water partition coefficient (Wildman–Crippen LogP) is 0.413. The van der Waals surface area contributed by atoms with Crippen LogP contribution in [0.5, 0.6) is 5.75 Å². The summed E-state index contributed by atoms with van der Waals surface area (Å²) in [6.07, 6.45) is -0.500. The van der Waals surface area contributed by atoms with E-state index in [9.17, 15) is 10.2 Å². The van der Waals surface area contributed by atoms with Crippen molar-refractivity contribution >= 4 is 5.69 Å². The Morgan fingerprint density at radius 1 is 1.47 bits per heavy atom. The van der Waals surface area contributed by atoms with Gasteiger partial charge in [-0.25, -0.2) is 0 Å². The molecule has 1 aromatic rings. The van der Waals surface area contributed by atoms with Crippen LogP contribution in [0.3, 0.4) is 0 Å². The normalized spacial score (nSPS) is 12.9. The number of rotatable bonds is 6. The maximum absolute atomic E-state index is 9.56. The number of ether oxygens (including phenoxy) is 1. The van der Waals surface area contributed by atoms with Crippen molar-refractivity contribution in [3.63, 3.8) is 0 Å². The number of likely N-dealkylation sites (N-methyl/N-ethyl adjacent to an activating group) is 1. The number of nitrogens with two attached hydrogens (primary N) is 1. The first-order chi connectivity index (χ1) is 8.02. The summed E-state index contributed by atoms with van der Waals surface area (Å²) in [5.41, 5.74) is 6.97. The lowest BCUT2D eigenvalue weighted by Crippen LogP contribution is -2.31. The number of benzene rings is 1. The molecule has 0 bridgehead atoms. The minimum absolute atomic E-state index is 0.0934. The summed E-state index contributed by atoms with van der Waals surface area (Å²) in [7, 11) is 3.46. The molecule has 0 aliphatic heterocycles. The van der Waals surface area contributed by atoms with E-state index in [0.717, 1.165) is 5.56 Å². The first-order valence-corrected chi connectivity index (χ1v) is 5.46. The number of nitrogens with zero attached hydrogens (tertiary/aromatic N) is 1. The maximum Gasteiger partial charge on any atom is 0.138 e. The number of phenols is 1. The third-order valence-corrected chi connectivity index (χ3v) is 2.43. The van der Waals surface area contributed by atoms with E-state index in [2.05, 4.69) is 0 Å². The Morgan fingerprint density at radius 3 is 2.76 bits per heavy atom. The molecule has 0 saturated heterocycles. The van der Waals surface area contributed by atoms with Crippen molar-refractivity contribution in [1.29, 1.82) is 0 Å². The van der Waals surface area contributed by atoms with Crippen LogP contribution in [0.1, 0.15) is 5.56 Å². The Balaban J connectivity index is 2.50. The van der Waals surface area contributed by atoms with Gasteiger partial charge in [0.05, 0.1) is 18.4 Å². The maximum atomic E-state index is 9.56. The van der Waals surface area contributed by atoms with E-state index >= 15 is 0 Å². The quantitative estimate of drug-likeness (QED) is 0.496. The van der Waals surface area contributed by atoms with Crippen molar-refractivity contribution in [2.45, 2.75) is 12.6 Å². The molecule has 1 unspecified atom stereocenters. The lowest BCUT2D eigenvalue weighted by atomic mass is 10.1. The van der Waals surface area contributed by atoms with Crippen molar-refractivity contribution in [2.75, 3.05) is 33.0 Å². The minimum atomic E-state index is -0.500. The van der Waals surface area contributed by atoms with Crippen LogP contribution in [-0.4, -0.2) is 48.5 Å². The smallest absolute Gasteiger partial charge is 0.138 e. The van der Waals surface area contributed by atoms with E-state index in [4.69, 9.17) is 10.5 Å². The molecule has 1 rings (SSSR count). The molecule has 5 nitrogen and oxygen atoms in total. The summed E-state index contributed by atoms with van der Waals surface area (Å²) >= 11 is 0. The molecule has 0 amide bonds. The second-order valence-corrected chi connectivity index (χ2v) is 4.20. The summed E-state index contributed by atoms with van der Waals surface area (Å²) in [6.45, 7) is 1.50. The average molecular weight is 240 g/mol. The molecule has 0 aromatic heterocycles. The van der Waals surface area contributed by atoms with Gasteiger partial charge in [0.2, 0.25) is 0 Å². The van der Waals surface area contributed by atoms with Gasteiger partial charge < -0.3 is 20.7 Å². The molecule has 5 heteroatoms. The fraction of sp³-hybridized carbons (Fsp3) is 0.500. The van der Waals surface area contributed by atoms with Crippen LogP contribution in [0.4, 0.5) is 5.69 Å². The Labute approximate surface area is 101 Å². The topological polar surface area (TPSA) is 79.0 Å². The van der Waals surface area contributed by atoms with Gasteiger partial charge in [-0.3, -0.25) is 4.90 Å². The molecule has 0 heterocycles. The van der Waals surface area contributed by atoms with Crippen molar-refractivity contribution in [3.05, 3.63) is 23.8 Å². The third kappa shape index (κ3) is 4.60. The van der Waals surface area contributed by atoms with Gasteiger partial charge in [0, 0.05) is 20.2 Å². The molecule has 0 aliphatic rings. The van der Waals surface area contributed by atoms with E-state index in [-0.39, 0.29) is 5.75 Å². The Kier molecular flexibility index (Phi) is 5.21. The van der Waals surface area contributed by atoms with Gasteiger partial charge in [-0.2, -0.15) is 0 Å². The fourth-order valence-electron chi connectivity index (χ4n) is 1.68. The number of aliphatic hydroxyl groups is 1. The Morgan fingerprint density at radius 2 is 2.18 bits per heavy atom. The van der Waals surface area contributed by atoms with E-state index in [0.29, 0.717) is 25.4 Å². The second-order valence-electron chi connectivity index (χ2n) is 4.20. The average Bonchev–Trinajstić information content (AvgIpc) is 2.23. The summed E-state index contributed by atoms with van der Waals surface area (Å²) in [5.74, 6) is 0.0934. The highest BCUT2D eigenvalue weighted by Crippen LogP contribution is 2.20. The van der Waals surface area contributed by atoms with Crippen LogP contribution in [0, 0.1) is 0 Å². The Hall–Kier alpha value is -1.30. The van der Waals surface area contributed by atoms with Crippen LogP contribution in [0.25, 0.3) is 0 Å². The molecule has 17 heavy (non-hydrogen) atoms. The van der Waals surface area contributed by atoms with E-state index in [1.165, 1.54) is 0 Å². The van der Waals surface area contributed by atoms with Crippen molar-refractivity contribution < 1.29 is 14.9 Å². The molecule has 0 fully saturated rings. The van der Waals surface area contributed by atoms with Gasteiger partial charge in [-0.1, -0.05) is 6.07 Å². The van der Waals surface area contributed by atoms with E-state index < -0.39 is 6.10 Å². The molecular weight excluding hydrogens is 220 g/mol. The number of aromatic hydroxyl groups is 1. The number of methoxy groups -OCH3 is 1. The van der Waals surface area contributed by atoms with Crippen LogP contribution < -0.4 is 5.73 Å². The first-order valence-electron chi connectivity index (χ1n) is 5.46. The van der Waals surface area contributed by atoms with Crippen molar-refractivity contribution in [1.82, 2.24) is 4.90 Å². The molecular formula is C12H20N2O3. The monoisotopic (exact) mass is 240 g/mol. The zero-order valence-electron chi connectivity index (χ0n) is 10.3. The highest BCUT2D eigenvalue weighted by molar-refractivity contribution is 5.53. The van der Waals surface area contributed by atoms with E-state index in [1.807, 2.05) is 18.0 Å². The van der Waals surface area contributed by atoms with Crippen LogP contribution in [0.15, 0.2) is 18.2 Å². The molecule has 1 aromatic carbocycles. The number of nitrogen functional groups attached to an aromatic ring is 1. The molecule has 96 valence electrons. The largest absolute Gasteiger partial charge is 0.506 e. The van der Waals surface area contributed by atoms with Gasteiger partial charge in [0.25, 0.3) is 0 Å². The highest BCUT2D eigenvalue weighted by Gasteiger charge is 2.08. The summed E-state index contributed by atoms with van der Waals surface area (Å²) in [5, 5.41) is 18.9. The molecule has 0 saturated carbocycles. The lowest BCUT2D eigenvalue weighted by Gasteiger charge is -2.20. The molecule has 1 atom stereocenters. The van der Waals surface area contributed by atoms with Gasteiger partial charge in [-0.15, -0.1) is 0 Å². The summed E-state index contributed by atoms with van der Waals surface area (Å²) < 4.78 is 4.86. The molecule has 4 N–H and O–H groups in total. The van der Waals surface area contributed by atoms with Crippen LogP contribution in [0.2, 0.25) is 0 Å². The SMILES string of the molecule is COCC(O)CN(C)Cc1ccc(O)c(N)c1. The van der Waals surface area contributed by atoms with Crippen molar-refractivity contribution in [2.24, 2.45) is 0 Å². The van der Waals surface area contributed by atoms with Gasteiger partial charge in [0.15, 0.2) is 0 Å². The number of hydrogen-bond acceptors (Lipinski definition) is 5. The zero-order chi connectivity index (χ0) is 12.8. The van der Waals surface area contributed by atoms with Crippen LogP contribution in [-0.2, 0) is 11.3 Å². The molecule has 0 aliphatic carbocycles. The summed E-state index contributed by atoms with van der Waals surface area (Å²) in [4.78, 5) is 1.97. The van der Waals surface area contributed by atoms with E-state index in [1.54, 1.807) is 19.2 Å².